The molecule has 1 aliphatic heterocycles. The van der Waals surface area contributed by atoms with Crippen LogP contribution in [0.2, 0.25) is 0 Å². The molecule has 0 aliphatic carbocycles. The Kier molecular flexibility index (Phi) is 4.70. The topological polar surface area (TPSA) is 122 Å². The quantitative estimate of drug-likeness (QED) is 0.498. The molecule has 0 fully saturated rings. The van der Waals surface area contributed by atoms with E-state index >= 15 is 0 Å². The summed E-state index contributed by atoms with van der Waals surface area (Å²) >= 11 is 0. The molecule has 138 valence electrons. The maximum atomic E-state index is 12.9. The lowest BCUT2D eigenvalue weighted by atomic mass is 9.96. The summed E-state index contributed by atoms with van der Waals surface area (Å²) in [5.41, 5.74) is -1.85. The highest BCUT2D eigenvalue weighted by Crippen LogP contribution is 2.37. The molecule has 0 bridgehead atoms. The Morgan fingerprint density at radius 1 is 1.19 bits per heavy atom. The van der Waals surface area contributed by atoms with E-state index in [1.165, 1.54) is 24.3 Å². The molecule has 0 aromatic heterocycles. The standard InChI is InChI=1S/C18H15N3O6/c1-27-17(23)15-11-18(24,13-7-9-14(10-8-13)21(25)26)20(19-15)16(22)12-5-3-2-4-6-12/h2-10,24H,11H2,1H3/t18-/m0/s1. The van der Waals surface area contributed by atoms with Crippen LogP contribution < -0.4 is 0 Å². The van der Waals surface area contributed by atoms with E-state index < -0.39 is 22.5 Å². The van der Waals surface area contributed by atoms with Crippen molar-refractivity contribution in [2.75, 3.05) is 7.11 Å². The first kappa shape index (κ1) is 18.2. The van der Waals surface area contributed by atoms with Crippen molar-refractivity contribution in [3.63, 3.8) is 0 Å². The Balaban J connectivity index is 2.04. The zero-order chi connectivity index (χ0) is 19.6. The van der Waals surface area contributed by atoms with Crippen molar-refractivity contribution >= 4 is 23.3 Å². The lowest BCUT2D eigenvalue weighted by Crippen LogP contribution is -2.43. The number of hydrogen-bond donors (Lipinski definition) is 1. The summed E-state index contributed by atoms with van der Waals surface area (Å²) in [5.74, 6) is -1.41. The average molecular weight is 369 g/mol. The van der Waals surface area contributed by atoms with Crippen molar-refractivity contribution in [2.45, 2.75) is 12.1 Å². The molecular weight excluding hydrogens is 354 g/mol. The van der Waals surface area contributed by atoms with E-state index in [9.17, 15) is 24.8 Å². The largest absolute Gasteiger partial charge is 0.464 e. The minimum atomic E-state index is -1.98. The normalized spacial score (nSPS) is 18.7. The predicted molar refractivity (Wildman–Crippen MR) is 93.7 cm³/mol. The molecule has 2 aromatic rings. The van der Waals surface area contributed by atoms with Gasteiger partial charge in [-0.05, 0) is 24.3 Å². The molecule has 3 rings (SSSR count). The molecule has 9 heteroatoms. The molecule has 9 nitrogen and oxygen atoms in total. The molecule has 1 heterocycles. The van der Waals surface area contributed by atoms with Gasteiger partial charge in [-0.2, -0.15) is 10.1 Å². The van der Waals surface area contributed by atoms with Crippen LogP contribution in [-0.2, 0) is 15.3 Å². The fourth-order valence-corrected chi connectivity index (χ4v) is 2.77. The van der Waals surface area contributed by atoms with Gasteiger partial charge in [-0.1, -0.05) is 18.2 Å². The lowest BCUT2D eigenvalue weighted by Gasteiger charge is -2.31. The SMILES string of the molecule is COC(=O)C1=NN(C(=O)c2ccccc2)[C@@](O)(c2ccc([N+](=O)[O-])cc2)C1. The molecule has 0 radical (unpaired) electrons. The van der Waals surface area contributed by atoms with E-state index in [2.05, 4.69) is 9.84 Å². The van der Waals surface area contributed by atoms with Crippen LogP contribution in [0.5, 0.6) is 0 Å². The fourth-order valence-electron chi connectivity index (χ4n) is 2.77. The van der Waals surface area contributed by atoms with Gasteiger partial charge < -0.3 is 9.84 Å². The summed E-state index contributed by atoms with van der Waals surface area (Å²) in [6.45, 7) is 0. The van der Waals surface area contributed by atoms with E-state index in [1.54, 1.807) is 30.3 Å². The molecule has 1 N–H and O–H groups in total. The average Bonchev–Trinajstić information content (AvgIpc) is 3.06. The van der Waals surface area contributed by atoms with Crippen LogP contribution in [0.4, 0.5) is 5.69 Å². The van der Waals surface area contributed by atoms with E-state index in [0.29, 0.717) is 0 Å². The summed E-state index contributed by atoms with van der Waals surface area (Å²) in [5, 5.41) is 26.8. The number of rotatable bonds is 4. The number of non-ortho nitro benzene ring substituents is 1. The fraction of sp³-hybridized carbons (Fsp3) is 0.167. The smallest absolute Gasteiger partial charge is 0.354 e. The third kappa shape index (κ3) is 3.27. The zero-order valence-electron chi connectivity index (χ0n) is 14.2. The molecule has 1 amide bonds. The van der Waals surface area contributed by atoms with Crippen LogP contribution in [0.15, 0.2) is 59.7 Å². The summed E-state index contributed by atoms with van der Waals surface area (Å²) < 4.78 is 4.64. The second-order valence-corrected chi connectivity index (χ2v) is 5.82. The maximum Gasteiger partial charge on any atom is 0.354 e. The second-order valence-electron chi connectivity index (χ2n) is 5.82. The summed E-state index contributed by atoms with van der Waals surface area (Å²) in [6, 6.07) is 13.2. The van der Waals surface area contributed by atoms with Gasteiger partial charge in [-0.3, -0.25) is 14.9 Å². The molecule has 0 spiro atoms. The van der Waals surface area contributed by atoms with Gasteiger partial charge in [0, 0.05) is 23.3 Å². The number of nitrogens with zero attached hydrogens (tertiary/aromatic N) is 3. The number of hydrazone groups is 1. The first-order valence-corrected chi connectivity index (χ1v) is 7.89. The highest BCUT2D eigenvalue weighted by atomic mass is 16.6. The Bertz CT molecular complexity index is 926. The highest BCUT2D eigenvalue weighted by molar-refractivity contribution is 6.37. The zero-order valence-corrected chi connectivity index (χ0v) is 14.2. The number of carbonyl (C=O) groups excluding carboxylic acids is 2. The van der Waals surface area contributed by atoms with Gasteiger partial charge in [-0.25, -0.2) is 4.79 Å². The number of methoxy groups -OCH3 is 1. The van der Waals surface area contributed by atoms with Crippen LogP contribution in [0.1, 0.15) is 22.3 Å². The third-order valence-corrected chi connectivity index (χ3v) is 4.16. The highest BCUT2D eigenvalue weighted by Gasteiger charge is 2.48. The number of benzene rings is 2. The maximum absolute atomic E-state index is 12.9. The molecule has 1 atom stereocenters. The van der Waals surface area contributed by atoms with Crippen molar-refractivity contribution in [1.29, 1.82) is 0 Å². The van der Waals surface area contributed by atoms with Crippen molar-refractivity contribution in [1.82, 2.24) is 5.01 Å². The van der Waals surface area contributed by atoms with Crippen LogP contribution >= 0.6 is 0 Å². The number of aliphatic hydroxyl groups is 1. The van der Waals surface area contributed by atoms with Gasteiger partial charge >= 0.3 is 5.97 Å². The molecule has 1 aliphatic rings. The number of ether oxygens (including phenoxy) is 1. The van der Waals surface area contributed by atoms with Crippen LogP contribution in [0, 0.1) is 10.1 Å². The van der Waals surface area contributed by atoms with Gasteiger partial charge in [-0.15, -0.1) is 0 Å². The summed E-state index contributed by atoms with van der Waals surface area (Å²) in [4.78, 5) is 35.0. The number of nitro benzene ring substituents is 1. The summed E-state index contributed by atoms with van der Waals surface area (Å²) in [6.07, 6.45) is -0.309. The number of nitro groups is 1. The lowest BCUT2D eigenvalue weighted by molar-refractivity contribution is -0.384. The van der Waals surface area contributed by atoms with Crippen LogP contribution in [0.3, 0.4) is 0 Å². The van der Waals surface area contributed by atoms with E-state index in [0.717, 1.165) is 12.1 Å². The number of amides is 1. The van der Waals surface area contributed by atoms with E-state index in [1.807, 2.05) is 0 Å². The molecule has 27 heavy (non-hydrogen) atoms. The molecule has 0 unspecified atom stereocenters. The third-order valence-electron chi connectivity index (χ3n) is 4.16. The van der Waals surface area contributed by atoms with Crippen molar-refractivity contribution in [2.24, 2.45) is 5.10 Å². The Labute approximate surface area is 153 Å². The van der Waals surface area contributed by atoms with Gasteiger partial charge in [0.15, 0.2) is 11.4 Å². The second kappa shape index (κ2) is 6.96. The van der Waals surface area contributed by atoms with E-state index in [-0.39, 0.29) is 28.9 Å². The van der Waals surface area contributed by atoms with Gasteiger partial charge in [0.1, 0.15) is 0 Å². The van der Waals surface area contributed by atoms with E-state index in [4.69, 9.17) is 0 Å². The Morgan fingerprint density at radius 2 is 1.81 bits per heavy atom. The monoisotopic (exact) mass is 369 g/mol. The summed E-state index contributed by atoms with van der Waals surface area (Å²) in [7, 11) is 1.16. The van der Waals surface area contributed by atoms with Crippen molar-refractivity contribution < 1.29 is 24.4 Å². The van der Waals surface area contributed by atoms with Gasteiger partial charge in [0.05, 0.1) is 18.5 Å². The number of hydrogen-bond acceptors (Lipinski definition) is 7. The molecular formula is C18H15N3O6. The van der Waals surface area contributed by atoms with Crippen molar-refractivity contribution in [3.8, 4) is 0 Å². The number of carbonyl (C=O) groups is 2. The Morgan fingerprint density at radius 3 is 2.37 bits per heavy atom. The van der Waals surface area contributed by atoms with Crippen LogP contribution in [-0.4, -0.2) is 39.7 Å². The first-order valence-electron chi connectivity index (χ1n) is 7.89. The Hall–Kier alpha value is -3.59. The van der Waals surface area contributed by atoms with Crippen molar-refractivity contribution in [3.05, 3.63) is 75.8 Å². The molecule has 2 aromatic carbocycles. The molecule has 0 saturated carbocycles. The number of esters is 1. The predicted octanol–water partition coefficient (Wildman–Crippen LogP) is 1.81. The van der Waals surface area contributed by atoms with Gasteiger partial charge in [0.2, 0.25) is 0 Å². The minimum Gasteiger partial charge on any atom is -0.464 e. The van der Waals surface area contributed by atoms with Crippen LogP contribution in [0.25, 0.3) is 0 Å². The first-order chi connectivity index (χ1) is 12.9. The minimum absolute atomic E-state index is 0.136. The molecule has 0 saturated heterocycles. The van der Waals surface area contributed by atoms with Gasteiger partial charge in [0.25, 0.3) is 11.6 Å².